The van der Waals surface area contributed by atoms with Crippen molar-refractivity contribution in [3.05, 3.63) is 65.9 Å². The van der Waals surface area contributed by atoms with Gasteiger partial charge in [-0.1, -0.05) is 30.3 Å². The molecule has 0 aliphatic rings. The van der Waals surface area contributed by atoms with Gasteiger partial charge in [0, 0.05) is 32.4 Å². The third-order valence-corrected chi connectivity index (χ3v) is 3.31. The summed E-state index contributed by atoms with van der Waals surface area (Å²) in [6.45, 7) is 0.336. The lowest BCUT2D eigenvalue weighted by atomic mass is 10.1. The van der Waals surface area contributed by atoms with E-state index in [9.17, 15) is 9.90 Å². The molecular formula is C19H21NO4. The van der Waals surface area contributed by atoms with Gasteiger partial charge in [-0.05, 0) is 11.6 Å². The lowest BCUT2D eigenvalue weighted by molar-refractivity contribution is 0.104. The van der Waals surface area contributed by atoms with Crippen LogP contribution in [0.2, 0.25) is 0 Å². The number of phenols is 1. The second kappa shape index (κ2) is 8.06. The van der Waals surface area contributed by atoms with E-state index in [0.717, 1.165) is 5.56 Å². The van der Waals surface area contributed by atoms with E-state index in [2.05, 4.69) is 0 Å². The molecule has 0 aliphatic carbocycles. The molecular weight excluding hydrogens is 306 g/mol. The predicted octanol–water partition coefficient (Wildman–Crippen LogP) is 3.24. The first-order chi connectivity index (χ1) is 11.5. The van der Waals surface area contributed by atoms with Gasteiger partial charge >= 0.3 is 0 Å². The monoisotopic (exact) mass is 327 g/mol. The number of phenolic OH excluding ortho intramolecular Hbond substituents is 1. The van der Waals surface area contributed by atoms with Crippen molar-refractivity contribution in [2.24, 2.45) is 0 Å². The molecule has 126 valence electrons. The largest absolute Gasteiger partial charge is 0.507 e. The van der Waals surface area contributed by atoms with Gasteiger partial charge in [-0.15, -0.1) is 0 Å². The molecule has 0 amide bonds. The number of carbonyl (C=O) groups excluding carboxylic acids is 1. The van der Waals surface area contributed by atoms with E-state index in [4.69, 9.17) is 9.47 Å². The van der Waals surface area contributed by atoms with Crippen LogP contribution in [0.3, 0.4) is 0 Å². The van der Waals surface area contributed by atoms with Gasteiger partial charge in [0.2, 0.25) is 0 Å². The van der Waals surface area contributed by atoms with Crippen LogP contribution in [0.1, 0.15) is 15.9 Å². The maximum Gasteiger partial charge on any atom is 0.191 e. The van der Waals surface area contributed by atoms with Crippen molar-refractivity contribution in [3.8, 4) is 17.2 Å². The second-order valence-corrected chi connectivity index (χ2v) is 5.44. The number of rotatable bonds is 7. The molecule has 0 bridgehead atoms. The Morgan fingerprint density at radius 2 is 1.88 bits per heavy atom. The summed E-state index contributed by atoms with van der Waals surface area (Å²) in [7, 11) is 5.11. The van der Waals surface area contributed by atoms with Gasteiger partial charge in [0.1, 0.15) is 12.4 Å². The third-order valence-electron chi connectivity index (χ3n) is 3.31. The van der Waals surface area contributed by atoms with Crippen LogP contribution in [0.15, 0.2) is 54.7 Å². The molecule has 1 N–H and O–H groups in total. The minimum Gasteiger partial charge on any atom is -0.507 e. The zero-order valence-electron chi connectivity index (χ0n) is 14.0. The van der Waals surface area contributed by atoms with E-state index in [0.29, 0.717) is 18.1 Å². The van der Waals surface area contributed by atoms with E-state index in [1.54, 1.807) is 11.1 Å². The number of methoxy groups -OCH3 is 1. The zero-order chi connectivity index (χ0) is 17.5. The first-order valence-corrected chi connectivity index (χ1v) is 7.48. The Morgan fingerprint density at radius 3 is 2.50 bits per heavy atom. The normalized spacial score (nSPS) is 10.6. The number of hydrogen-bond donors (Lipinski definition) is 1. The van der Waals surface area contributed by atoms with Crippen molar-refractivity contribution in [3.63, 3.8) is 0 Å². The number of hydrogen-bond acceptors (Lipinski definition) is 5. The number of ether oxygens (including phenoxy) is 2. The average molecular weight is 327 g/mol. The highest BCUT2D eigenvalue weighted by Crippen LogP contribution is 2.35. The number of allylic oxidation sites excluding steroid dienone is 1. The average Bonchev–Trinajstić information content (AvgIpc) is 2.59. The van der Waals surface area contributed by atoms with E-state index >= 15 is 0 Å². The minimum absolute atomic E-state index is 0.146. The molecule has 0 unspecified atom stereocenters. The van der Waals surface area contributed by atoms with Gasteiger partial charge in [0.15, 0.2) is 17.3 Å². The Kier molecular flexibility index (Phi) is 5.84. The zero-order valence-corrected chi connectivity index (χ0v) is 14.0. The third kappa shape index (κ3) is 4.52. The molecule has 5 nitrogen and oxygen atoms in total. The minimum atomic E-state index is -0.312. The van der Waals surface area contributed by atoms with Crippen molar-refractivity contribution < 1.29 is 19.4 Å². The predicted molar refractivity (Wildman–Crippen MR) is 92.6 cm³/mol. The molecule has 2 aromatic carbocycles. The Morgan fingerprint density at radius 1 is 1.17 bits per heavy atom. The van der Waals surface area contributed by atoms with Crippen LogP contribution in [0.4, 0.5) is 0 Å². The van der Waals surface area contributed by atoms with Gasteiger partial charge in [0.05, 0.1) is 12.7 Å². The fourth-order valence-corrected chi connectivity index (χ4v) is 2.06. The summed E-state index contributed by atoms with van der Waals surface area (Å²) in [6.07, 6.45) is 3.01. The summed E-state index contributed by atoms with van der Waals surface area (Å²) in [5, 5.41) is 10.1. The Labute approximate surface area is 141 Å². The molecule has 24 heavy (non-hydrogen) atoms. The fraction of sp³-hybridized carbons (Fsp3) is 0.211. The quantitative estimate of drug-likeness (QED) is 0.625. The number of carbonyl (C=O) groups is 1. The Hall–Kier alpha value is -2.95. The molecule has 0 saturated carbocycles. The van der Waals surface area contributed by atoms with Gasteiger partial charge in [-0.2, -0.15) is 0 Å². The molecule has 2 rings (SSSR count). The van der Waals surface area contributed by atoms with Crippen molar-refractivity contribution >= 4 is 5.78 Å². The van der Waals surface area contributed by atoms with Crippen LogP contribution in [0.25, 0.3) is 0 Å². The molecule has 0 aliphatic heterocycles. The van der Waals surface area contributed by atoms with Crippen molar-refractivity contribution in [2.45, 2.75) is 6.61 Å². The summed E-state index contributed by atoms with van der Waals surface area (Å²) >= 11 is 0. The highest BCUT2D eigenvalue weighted by atomic mass is 16.5. The summed E-state index contributed by atoms with van der Waals surface area (Å²) in [5.41, 5.74) is 1.16. The van der Waals surface area contributed by atoms with Crippen molar-refractivity contribution in [1.82, 2.24) is 4.90 Å². The van der Waals surface area contributed by atoms with E-state index in [-0.39, 0.29) is 17.1 Å². The standard InChI is InChI=1S/C19H21NO4/c1-20(2)10-9-16(21)15-11-19(18(23-3)12-17(15)22)24-13-14-7-5-4-6-8-14/h4-12,22H,13H2,1-3H3/b10-9+. The van der Waals surface area contributed by atoms with E-state index in [1.807, 2.05) is 44.4 Å². The molecule has 0 saturated heterocycles. The van der Waals surface area contributed by atoms with Gasteiger partial charge < -0.3 is 19.5 Å². The maximum absolute atomic E-state index is 12.2. The van der Waals surface area contributed by atoms with Crippen molar-refractivity contribution in [2.75, 3.05) is 21.2 Å². The van der Waals surface area contributed by atoms with Crippen LogP contribution < -0.4 is 9.47 Å². The van der Waals surface area contributed by atoms with E-state index < -0.39 is 0 Å². The lowest BCUT2D eigenvalue weighted by Crippen LogP contribution is -2.04. The summed E-state index contributed by atoms with van der Waals surface area (Å²) < 4.78 is 11.0. The first kappa shape index (κ1) is 17.4. The molecule has 0 aromatic heterocycles. The molecule has 0 heterocycles. The Bertz CT molecular complexity index is 724. The number of benzene rings is 2. The number of nitrogens with zero attached hydrogens (tertiary/aromatic N) is 1. The molecule has 2 aromatic rings. The van der Waals surface area contributed by atoms with Gasteiger partial charge in [0.25, 0.3) is 0 Å². The van der Waals surface area contributed by atoms with Crippen molar-refractivity contribution in [1.29, 1.82) is 0 Å². The fourth-order valence-electron chi connectivity index (χ4n) is 2.06. The van der Waals surface area contributed by atoms with Crippen LogP contribution in [0, 0.1) is 0 Å². The number of ketones is 1. The lowest BCUT2D eigenvalue weighted by Gasteiger charge is -2.13. The van der Waals surface area contributed by atoms with Crippen LogP contribution in [-0.2, 0) is 6.61 Å². The molecule has 0 fully saturated rings. The van der Waals surface area contributed by atoms with Gasteiger partial charge in [-0.3, -0.25) is 4.79 Å². The topological polar surface area (TPSA) is 59.0 Å². The second-order valence-electron chi connectivity index (χ2n) is 5.44. The molecule has 0 radical (unpaired) electrons. The van der Waals surface area contributed by atoms with E-state index in [1.165, 1.54) is 25.3 Å². The summed E-state index contributed by atoms with van der Waals surface area (Å²) in [5.74, 6) is 0.318. The van der Waals surface area contributed by atoms with Gasteiger partial charge in [-0.25, -0.2) is 0 Å². The first-order valence-electron chi connectivity index (χ1n) is 7.48. The van der Waals surface area contributed by atoms with Crippen LogP contribution in [0.5, 0.6) is 17.2 Å². The summed E-state index contributed by atoms with van der Waals surface area (Å²) in [6, 6.07) is 12.5. The Balaban J connectivity index is 2.26. The highest BCUT2D eigenvalue weighted by Gasteiger charge is 2.15. The molecule has 0 spiro atoms. The van der Waals surface area contributed by atoms with Crippen LogP contribution >= 0.6 is 0 Å². The number of aromatic hydroxyl groups is 1. The SMILES string of the molecule is COc1cc(O)c(C(=O)/C=C/N(C)C)cc1OCc1ccccc1. The maximum atomic E-state index is 12.2. The molecule has 5 heteroatoms. The highest BCUT2D eigenvalue weighted by molar-refractivity contribution is 6.06. The molecule has 0 atom stereocenters. The summed E-state index contributed by atoms with van der Waals surface area (Å²) in [4.78, 5) is 14.0. The smallest absolute Gasteiger partial charge is 0.191 e. The van der Waals surface area contributed by atoms with Crippen LogP contribution in [-0.4, -0.2) is 37.0 Å².